The number of rotatable bonds is 5. The zero-order valence-corrected chi connectivity index (χ0v) is 17.6. The van der Waals surface area contributed by atoms with Crippen LogP contribution in [0.3, 0.4) is 0 Å². The second-order valence-corrected chi connectivity index (χ2v) is 7.93. The highest BCUT2D eigenvalue weighted by atomic mass is 19.3. The number of nitrogens with one attached hydrogen (secondary N) is 1. The number of halogens is 3. The van der Waals surface area contributed by atoms with Crippen LogP contribution in [-0.2, 0) is 10.2 Å². The molecule has 3 aromatic rings. The molecule has 5 rings (SSSR count). The Kier molecular flexibility index (Phi) is 4.70. The molecule has 0 bridgehead atoms. The Balaban J connectivity index is 1.42. The number of amides is 1. The lowest BCUT2D eigenvalue weighted by Gasteiger charge is -2.17. The lowest BCUT2D eigenvalue weighted by atomic mass is 9.94. The first-order valence-electron chi connectivity index (χ1n) is 10.1. The van der Waals surface area contributed by atoms with Gasteiger partial charge in [0.2, 0.25) is 11.8 Å². The molecular weight excluding hydrogens is 439 g/mol. The second-order valence-electron chi connectivity index (χ2n) is 7.93. The van der Waals surface area contributed by atoms with Crippen LogP contribution in [0.4, 0.5) is 19.0 Å². The van der Waals surface area contributed by atoms with Gasteiger partial charge in [-0.05, 0) is 49.1 Å². The first-order chi connectivity index (χ1) is 15.7. The molecule has 3 heterocycles. The molecule has 1 aromatic carbocycles. The predicted molar refractivity (Wildman–Crippen MR) is 111 cm³/mol. The van der Waals surface area contributed by atoms with E-state index in [0.29, 0.717) is 29.7 Å². The topological polar surface area (TPSA) is 82.6 Å². The largest absolute Gasteiger partial charge is 0.586 e. The van der Waals surface area contributed by atoms with Crippen molar-refractivity contribution in [3.05, 3.63) is 59.5 Å². The van der Waals surface area contributed by atoms with E-state index in [0.717, 1.165) is 6.20 Å². The Hall–Kier alpha value is -3.82. The van der Waals surface area contributed by atoms with E-state index in [1.165, 1.54) is 25.3 Å². The number of pyridine rings is 2. The number of carbonyl (C=O) groups is 1. The molecule has 10 heteroatoms. The molecule has 2 aliphatic rings. The lowest BCUT2D eigenvalue weighted by Crippen LogP contribution is -2.28. The fourth-order valence-corrected chi connectivity index (χ4v) is 3.84. The summed E-state index contributed by atoms with van der Waals surface area (Å²) in [5.74, 6) is -0.662. The van der Waals surface area contributed by atoms with Crippen molar-refractivity contribution in [2.45, 2.75) is 31.5 Å². The molecule has 0 atom stereocenters. The Morgan fingerprint density at radius 2 is 1.88 bits per heavy atom. The van der Waals surface area contributed by atoms with Gasteiger partial charge in [-0.25, -0.2) is 14.4 Å². The maximum atomic E-state index is 14.4. The van der Waals surface area contributed by atoms with Gasteiger partial charge in [0.05, 0.1) is 24.4 Å². The SMILES string of the molecule is COc1cc(-c2nc(NC(=O)C3(c4ccc5c(c4)OC(F)(F)O5)CC3)ccc2C)c(F)cn1. The first-order valence-corrected chi connectivity index (χ1v) is 10.1. The molecule has 1 N–H and O–H groups in total. The number of fused-ring (bicyclic) bond motifs is 1. The molecule has 7 nitrogen and oxygen atoms in total. The lowest BCUT2D eigenvalue weighted by molar-refractivity contribution is -0.286. The van der Waals surface area contributed by atoms with Crippen molar-refractivity contribution in [3.8, 4) is 28.6 Å². The number of aryl methyl sites for hydroxylation is 1. The highest BCUT2D eigenvalue weighted by Crippen LogP contribution is 2.52. The van der Waals surface area contributed by atoms with E-state index in [-0.39, 0.29) is 34.7 Å². The Bertz CT molecular complexity index is 1280. The standard InChI is InChI=1S/C23H18F3N3O4/c1-12-3-6-18(28-20(12)14-10-19(31-2)27-11-15(14)24)29-21(30)22(7-8-22)13-4-5-16-17(9-13)33-23(25,26)32-16/h3-6,9-11H,7-8H2,1-2H3,(H,28,29,30). The van der Waals surface area contributed by atoms with Gasteiger partial charge in [0.25, 0.3) is 0 Å². The molecule has 0 spiro atoms. The van der Waals surface area contributed by atoms with Crippen LogP contribution in [0, 0.1) is 12.7 Å². The summed E-state index contributed by atoms with van der Waals surface area (Å²) >= 11 is 0. The fraction of sp³-hybridized carbons (Fsp3) is 0.261. The highest BCUT2D eigenvalue weighted by Gasteiger charge is 2.53. The predicted octanol–water partition coefficient (Wildman–Crippen LogP) is 4.59. The van der Waals surface area contributed by atoms with Gasteiger partial charge < -0.3 is 19.5 Å². The van der Waals surface area contributed by atoms with E-state index >= 15 is 0 Å². The van der Waals surface area contributed by atoms with E-state index in [1.54, 1.807) is 25.1 Å². The van der Waals surface area contributed by atoms with Crippen LogP contribution in [0.25, 0.3) is 11.3 Å². The van der Waals surface area contributed by atoms with Crippen LogP contribution in [0.1, 0.15) is 24.0 Å². The average Bonchev–Trinajstić information content (AvgIpc) is 3.52. The molecule has 1 fully saturated rings. The minimum absolute atomic E-state index is 0.0837. The van der Waals surface area contributed by atoms with E-state index < -0.39 is 17.5 Å². The molecule has 0 saturated heterocycles. The number of benzene rings is 1. The third-order valence-corrected chi connectivity index (χ3v) is 5.77. The van der Waals surface area contributed by atoms with E-state index in [1.807, 2.05) is 0 Å². The van der Waals surface area contributed by atoms with Gasteiger partial charge in [-0.3, -0.25) is 4.79 Å². The maximum absolute atomic E-state index is 14.4. The highest BCUT2D eigenvalue weighted by molar-refractivity contribution is 6.01. The van der Waals surface area contributed by atoms with E-state index in [4.69, 9.17) is 4.74 Å². The number of carbonyl (C=O) groups excluding carboxylic acids is 1. The minimum Gasteiger partial charge on any atom is -0.481 e. The minimum atomic E-state index is -3.73. The van der Waals surface area contributed by atoms with Crippen molar-refractivity contribution >= 4 is 11.7 Å². The summed E-state index contributed by atoms with van der Waals surface area (Å²) in [7, 11) is 1.42. The summed E-state index contributed by atoms with van der Waals surface area (Å²) in [5, 5.41) is 2.77. The van der Waals surface area contributed by atoms with Gasteiger partial charge in [0.15, 0.2) is 17.3 Å². The number of aromatic nitrogens is 2. The number of alkyl halides is 2. The van der Waals surface area contributed by atoms with Crippen LogP contribution in [0.15, 0.2) is 42.6 Å². The molecule has 0 radical (unpaired) electrons. The number of hydrogen-bond donors (Lipinski definition) is 1. The van der Waals surface area contributed by atoms with Crippen LogP contribution in [0.2, 0.25) is 0 Å². The summed E-state index contributed by atoms with van der Waals surface area (Å²) in [6, 6.07) is 9.09. The number of nitrogens with zero attached hydrogens (tertiary/aromatic N) is 2. The normalized spacial score (nSPS) is 16.9. The van der Waals surface area contributed by atoms with Crippen molar-refractivity contribution in [1.29, 1.82) is 0 Å². The van der Waals surface area contributed by atoms with Crippen molar-refractivity contribution < 1.29 is 32.2 Å². The van der Waals surface area contributed by atoms with Gasteiger partial charge in [0.1, 0.15) is 5.82 Å². The van der Waals surface area contributed by atoms with Crippen molar-refractivity contribution in [2.24, 2.45) is 0 Å². The zero-order chi connectivity index (χ0) is 23.4. The third-order valence-electron chi connectivity index (χ3n) is 5.77. The quantitative estimate of drug-likeness (QED) is 0.604. The Morgan fingerprint density at radius 1 is 1.12 bits per heavy atom. The first kappa shape index (κ1) is 21.0. The molecule has 170 valence electrons. The summed E-state index contributed by atoms with van der Waals surface area (Å²) in [4.78, 5) is 21.4. The van der Waals surface area contributed by atoms with Crippen molar-refractivity contribution in [3.63, 3.8) is 0 Å². The van der Waals surface area contributed by atoms with Crippen LogP contribution in [0.5, 0.6) is 17.4 Å². The molecule has 0 unspecified atom stereocenters. The molecule has 2 aromatic heterocycles. The van der Waals surface area contributed by atoms with Gasteiger partial charge >= 0.3 is 6.29 Å². The van der Waals surface area contributed by atoms with Gasteiger partial charge in [-0.2, -0.15) is 0 Å². The molecule has 1 amide bonds. The number of anilines is 1. The summed E-state index contributed by atoms with van der Waals surface area (Å²) in [6.45, 7) is 1.77. The number of ether oxygens (including phenoxy) is 3. The molecule has 1 saturated carbocycles. The molecular formula is C23H18F3N3O4. The third kappa shape index (κ3) is 3.71. The fourth-order valence-electron chi connectivity index (χ4n) is 3.84. The summed E-state index contributed by atoms with van der Waals surface area (Å²) in [6.07, 6.45) is -1.62. The Labute approximate surface area is 186 Å². The van der Waals surface area contributed by atoms with Crippen LogP contribution in [-0.4, -0.2) is 29.3 Å². The molecule has 33 heavy (non-hydrogen) atoms. The molecule has 1 aliphatic heterocycles. The van der Waals surface area contributed by atoms with Crippen molar-refractivity contribution in [2.75, 3.05) is 12.4 Å². The average molecular weight is 457 g/mol. The zero-order valence-electron chi connectivity index (χ0n) is 17.6. The van der Waals surface area contributed by atoms with Crippen molar-refractivity contribution in [1.82, 2.24) is 9.97 Å². The summed E-state index contributed by atoms with van der Waals surface area (Å²) in [5.41, 5.74) is 0.860. The van der Waals surface area contributed by atoms with E-state index in [2.05, 4.69) is 24.8 Å². The maximum Gasteiger partial charge on any atom is 0.586 e. The van der Waals surface area contributed by atoms with Crippen LogP contribution < -0.4 is 19.5 Å². The number of hydrogen-bond acceptors (Lipinski definition) is 6. The van der Waals surface area contributed by atoms with Crippen LogP contribution >= 0.6 is 0 Å². The van der Waals surface area contributed by atoms with Gasteiger partial charge in [0, 0.05) is 11.6 Å². The Morgan fingerprint density at radius 3 is 2.61 bits per heavy atom. The number of methoxy groups -OCH3 is 1. The summed E-state index contributed by atoms with van der Waals surface area (Å²) < 4.78 is 55.1. The van der Waals surface area contributed by atoms with Gasteiger partial charge in [-0.15, -0.1) is 8.78 Å². The van der Waals surface area contributed by atoms with E-state index in [9.17, 15) is 18.0 Å². The second kappa shape index (κ2) is 7.36. The van der Waals surface area contributed by atoms with Gasteiger partial charge in [-0.1, -0.05) is 12.1 Å². The smallest absolute Gasteiger partial charge is 0.481 e. The monoisotopic (exact) mass is 457 g/mol. The molecule has 1 aliphatic carbocycles.